The lowest BCUT2D eigenvalue weighted by Crippen LogP contribution is -2.30. The molecule has 0 fully saturated rings. The Bertz CT molecular complexity index is 290. The molecule has 0 atom stereocenters. The first kappa shape index (κ1) is 20.9. The van der Waals surface area contributed by atoms with E-state index in [9.17, 15) is 9.59 Å². The summed E-state index contributed by atoms with van der Waals surface area (Å²) < 4.78 is 5.01. The van der Waals surface area contributed by atoms with Gasteiger partial charge in [-0.1, -0.05) is 64.7 Å². The van der Waals surface area contributed by atoms with Crippen LogP contribution in [-0.2, 0) is 9.53 Å². The topological polar surface area (TPSA) is 55.4 Å². The molecular weight excluding hydrogens is 278 g/mol. The Kier molecular flexibility index (Phi) is 12.9. The summed E-state index contributed by atoms with van der Waals surface area (Å²) in [5.41, 5.74) is -0.603. The Balaban J connectivity index is 3.29. The number of ether oxygens (including phenoxy) is 1. The zero-order valence-corrected chi connectivity index (χ0v) is 14.8. The van der Waals surface area contributed by atoms with E-state index in [4.69, 9.17) is 4.74 Å². The molecular formula is C18H35NO3. The molecule has 4 nitrogen and oxygen atoms in total. The van der Waals surface area contributed by atoms with Crippen LogP contribution in [0.1, 0.15) is 85.0 Å². The second-order valence-electron chi connectivity index (χ2n) is 6.79. The van der Waals surface area contributed by atoms with Crippen molar-refractivity contribution in [3.05, 3.63) is 0 Å². The van der Waals surface area contributed by atoms with Crippen LogP contribution < -0.4 is 5.32 Å². The molecule has 0 aromatic carbocycles. The lowest BCUT2D eigenvalue weighted by molar-refractivity contribution is -0.116. The Morgan fingerprint density at radius 2 is 1.45 bits per heavy atom. The molecule has 0 aromatic rings. The monoisotopic (exact) mass is 313 g/mol. The van der Waals surface area contributed by atoms with Crippen molar-refractivity contribution in [3.8, 4) is 0 Å². The molecule has 0 aliphatic heterocycles. The maximum Gasteiger partial charge on any atom is 0.407 e. The van der Waals surface area contributed by atoms with E-state index < -0.39 is 11.5 Å². The van der Waals surface area contributed by atoms with Crippen LogP contribution in [0.3, 0.4) is 0 Å². The zero-order valence-electron chi connectivity index (χ0n) is 14.8. The molecule has 130 valence electrons. The summed E-state index contributed by atoms with van der Waals surface area (Å²) in [5, 5.41) is 2.73. The molecule has 4 heteroatoms. The molecule has 0 spiro atoms. The largest absolute Gasteiger partial charge is 0.449 e. The average molecular weight is 313 g/mol. The van der Waals surface area contributed by atoms with Crippen molar-refractivity contribution in [2.75, 3.05) is 13.2 Å². The summed E-state index contributed by atoms with van der Waals surface area (Å²) in [6.07, 6.45) is 13.2. The predicted molar refractivity (Wildman–Crippen MR) is 91.0 cm³/mol. The summed E-state index contributed by atoms with van der Waals surface area (Å²) in [4.78, 5) is 22.1. The molecule has 0 saturated heterocycles. The van der Waals surface area contributed by atoms with Crippen molar-refractivity contribution in [2.24, 2.45) is 5.41 Å². The number of carbonyl (C=O) groups excluding carboxylic acids is 2. The van der Waals surface area contributed by atoms with Gasteiger partial charge in [-0.15, -0.1) is 0 Å². The van der Waals surface area contributed by atoms with E-state index in [2.05, 4.69) is 12.2 Å². The number of unbranched alkanes of at least 4 members (excludes halogenated alkanes) is 9. The molecule has 0 aliphatic carbocycles. The van der Waals surface area contributed by atoms with Crippen molar-refractivity contribution in [1.82, 2.24) is 5.32 Å². The van der Waals surface area contributed by atoms with Crippen molar-refractivity contribution in [3.63, 3.8) is 0 Å². The third-order valence-corrected chi connectivity index (χ3v) is 3.69. The van der Waals surface area contributed by atoms with Crippen LogP contribution in [0.25, 0.3) is 0 Å². The van der Waals surface area contributed by atoms with Crippen LogP contribution in [-0.4, -0.2) is 25.5 Å². The van der Waals surface area contributed by atoms with Crippen molar-refractivity contribution >= 4 is 12.4 Å². The van der Waals surface area contributed by atoms with Gasteiger partial charge in [0.25, 0.3) is 0 Å². The molecule has 1 N–H and O–H groups in total. The third-order valence-electron chi connectivity index (χ3n) is 3.69. The summed E-state index contributed by atoms with van der Waals surface area (Å²) >= 11 is 0. The number of hydrogen-bond acceptors (Lipinski definition) is 3. The number of aldehydes is 1. The number of amides is 1. The maximum absolute atomic E-state index is 11.4. The quantitative estimate of drug-likeness (QED) is 0.368. The highest BCUT2D eigenvalue weighted by atomic mass is 16.5. The van der Waals surface area contributed by atoms with E-state index in [1.807, 2.05) is 0 Å². The fourth-order valence-electron chi connectivity index (χ4n) is 2.14. The average Bonchev–Trinajstić information content (AvgIpc) is 2.50. The number of rotatable bonds is 14. The van der Waals surface area contributed by atoms with Crippen molar-refractivity contribution in [1.29, 1.82) is 0 Å². The molecule has 0 saturated carbocycles. The van der Waals surface area contributed by atoms with E-state index in [0.29, 0.717) is 6.54 Å². The molecule has 0 aliphatic rings. The lowest BCUT2D eigenvalue weighted by Gasteiger charge is -2.16. The molecule has 0 bridgehead atoms. The fourth-order valence-corrected chi connectivity index (χ4v) is 2.14. The second kappa shape index (κ2) is 13.6. The van der Waals surface area contributed by atoms with Crippen LogP contribution in [0.15, 0.2) is 0 Å². The van der Waals surface area contributed by atoms with Crippen LogP contribution in [0.4, 0.5) is 4.79 Å². The molecule has 0 unspecified atom stereocenters. The first-order valence-electron chi connectivity index (χ1n) is 8.89. The highest BCUT2D eigenvalue weighted by Gasteiger charge is 2.18. The van der Waals surface area contributed by atoms with E-state index in [-0.39, 0.29) is 6.61 Å². The van der Waals surface area contributed by atoms with E-state index in [1.54, 1.807) is 13.8 Å². The van der Waals surface area contributed by atoms with Gasteiger partial charge < -0.3 is 14.8 Å². The summed E-state index contributed by atoms with van der Waals surface area (Å²) in [6, 6.07) is 0. The number of hydrogen-bond donors (Lipinski definition) is 1. The highest BCUT2D eigenvalue weighted by Crippen LogP contribution is 2.11. The van der Waals surface area contributed by atoms with Gasteiger partial charge in [0.1, 0.15) is 12.9 Å². The zero-order chi connectivity index (χ0) is 16.7. The SMILES string of the molecule is CCCCCCCCCCCCNC(=O)OCC(C)(C)C=O. The first-order valence-corrected chi connectivity index (χ1v) is 8.89. The lowest BCUT2D eigenvalue weighted by atomic mass is 9.98. The molecule has 1 amide bonds. The minimum Gasteiger partial charge on any atom is -0.449 e. The Morgan fingerprint density at radius 3 is 1.95 bits per heavy atom. The van der Waals surface area contributed by atoms with E-state index in [0.717, 1.165) is 19.1 Å². The van der Waals surface area contributed by atoms with Crippen LogP contribution in [0.5, 0.6) is 0 Å². The first-order chi connectivity index (χ1) is 10.5. The van der Waals surface area contributed by atoms with Gasteiger partial charge in [0, 0.05) is 6.54 Å². The van der Waals surface area contributed by atoms with Gasteiger partial charge in [0.2, 0.25) is 0 Å². The second-order valence-corrected chi connectivity index (χ2v) is 6.79. The predicted octanol–water partition coefficient (Wildman–Crippen LogP) is 4.86. The third kappa shape index (κ3) is 13.9. The number of nitrogens with one attached hydrogen (secondary N) is 1. The van der Waals surface area contributed by atoms with Gasteiger partial charge in [-0.05, 0) is 20.3 Å². The molecule has 0 aromatic heterocycles. The van der Waals surface area contributed by atoms with Gasteiger partial charge in [0.05, 0.1) is 5.41 Å². The molecule has 22 heavy (non-hydrogen) atoms. The minimum atomic E-state index is -0.603. The van der Waals surface area contributed by atoms with E-state index >= 15 is 0 Å². The smallest absolute Gasteiger partial charge is 0.407 e. The normalized spacial score (nSPS) is 11.2. The van der Waals surface area contributed by atoms with Crippen molar-refractivity contribution in [2.45, 2.75) is 85.0 Å². The van der Waals surface area contributed by atoms with Crippen LogP contribution >= 0.6 is 0 Å². The Labute approximate surface area is 136 Å². The Morgan fingerprint density at radius 1 is 0.955 bits per heavy atom. The highest BCUT2D eigenvalue weighted by molar-refractivity contribution is 5.67. The Hall–Kier alpha value is -1.06. The summed E-state index contributed by atoms with van der Waals surface area (Å²) in [6.45, 7) is 6.51. The van der Waals surface area contributed by atoms with Crippen LogP contribution in [0, 0.1) is 5.41 Å². The molecule has 0 rings (SSSR count). The van der Waals surface area contributed by atoms with Gasteiger partial charge in [-0.2, -0.15) is 0 Å². The molecule has 0 heterocycles. The maximum atomic E-state index is 11.4. The van der Waals surface area contributed by atoms with Crippen molar-refractivity contribution < 1.29 is 14.3 Å². The van der Waals surface area contributed by atoms with E-state index in [1.165, 1.54) is 51.4 Å². The fraction of sp³-hybridized carbons (Fsp3) is 0.889. The molecule has 0 radical (unpaired) electrons. The van der Waals surface area contributed by atoms with Gasteiger partial charge in [0.15, 0.2) is 0 Å². The van der Waals surface area contributed by atoms with Gasteiger partial charge in [-0.3, -0.25) is 0 Å². The number of carbonyl (C=O) groups is 2. The van der Waals surface area contributed by atoms with Crippen LogP contribution in [0.2, 0.25) is 0 Å². The minimum absolute atomic E-state index is 0.125. The van der Waals surface area contributed by atoms with Gasteiger partial charge >= 0.3 is 6.09 Å². The standard InChI is InChI=1S/C18H35NO3/c1-4-5-6-7-8-9-10-11-12-13-14-19-17(21)22-16-18(2,3)15-20/h15H,4-14,16H2,1-3H3,(H,19,21). The summed E-state index contributed by atoms with van der Waals surface area (Å²) in [7, 11) is 0. The number of alkyl carbamates (subject to hydrolysis) is 1. The van der Waals surface area contributed by atoms with Gasteiger partial charge in [-0.25, -0.2) is 4.79 Å². The summed E-state index contributed by atoms with van der Waals surface area (Å²) in [5.74, 6) is 0.